The quantitative estimate of drug-likeness (QED) is 0.640. The lowest BCUT2D eigenvalue weighted by Crippen LogP contribution is -2.52. The van der Waals surface area contributed by atoms with E-state index in [0.29, 0.717) is 26.2 Å². The molecule has 1 saturated heterocycles. The summed E-state index contributed by atoms with van der Waals surface area (Å²) in [6.45, 7) is 8.68. The minimum atomic E-state index is -3.37. The summed E-state index contributed by atoms with van der Waals surface area (Å²) in [5.74, 6) is 0. The number of hydrogen-bond acceptors (Lipinski definition) is 4. The number of morpholine rings is 1. The molecule has 1 heterocycles. The Morgan fingerprint density at radius 3 is 2.33 bits per heavy atom. The van der Waals surface area contributed by atoms with Gasteiger partial charge < -0.3 is 10.1 Å². The van der Waals surface area contributed by atoms with Gasteiger partial charge in [-0.15, -0.1) is 0 Å². The van der Waals surface area contributed by atoms with E-state index in [2.05, 4.69) is 17.0 Å². The van der Waals surface area contributed by atoms with Crippen LogP contribution in [0.4, 0.5) is 0 Å². The second-order valence-electron chi connectivity index (χ2n) is 4.72. The number of nitrogens with zero attached hydrogens (tertiary/aromatic N) is 1. The maximum Gasteiger partial charge on any atom is 0.279 e. The predicted octanol–water partition coefficient (Wildman–Crippen LogP) is -0.0704. The van der Waals surface area contributed by atoms with Crippen LogP contribution in [0.25, 0.3) is 0 Å². The lowest BCUT2D eigenvalue weighted by atomic mass is 10.3. The predicted molar refractivity (Wildman–Crippen MR) is 71.7 cm³/mol. The zero-order valence-electron chi connectivity index (χ0n) is 11.5. The molecule has 6 nitrogen and oxygen atoms in total. The first-order chi connectivity index (χ1) is 8.45. The van der Waals surface area contributed by atoms with Crippen molar-refractivity contribution in [2.45, 2.75) is 39.4 Å². The van der Waals surface area contributed by atoms with E-state index in [1.807, 2.05) is 13.8 Å². The molecule has 1 rings (SSSR count). The molecule has 0 spiro atoms. The van der Waals surface area contributed by atoms with E-state index in [1.165, 1.54) is 4.31 Å². The molecule has 1 aliphatic heterocycles. The minimum absolute atomic E-state index is 0.0523. The Hall–Kier alpha value is -0.210. The summed E-state index contributed by atoms with van der Waals surface area (Å²) in [4.78, 5) is 0. The third kappa shape index (κ3) is 5.19. The fraction of sp³-hybridized carbons (Fsp3) is 1.00. The summed E-state index contributed by atoms with van der Waals surface area (Å²) in [7, 11) is -3.37. The lowest BCUT2D eigenvalue weighted by molar-refractivity contribution is -0.0443. The largest absolute Gasteiger partial charge is 0.373 e. The summed E-state index contributed by atoms with van der Waals surface area (Å²) in [6.07, 6.45) is 0.942. The number of nitrogens with one attached hydrogen (secondary N) is 2. The van der Waals surface area contributed by atoms with Crippen LogP contribution in [0, 0.1) is 0 Å². The topological polar surface area (TPSA) is 70.7 Å². The van der Waals surface area contributed by atoms with E-state index in [4.69, 9.17) is 4.74 Å². The summed E-state index contributed by atoms with van der Waals surface area (Å²) in [5, 5.41) is 3.16. The van der Waals surface area contributed by atoms with Gasteiger partial charge in [-0.2, -0.15) is 12.7 Å². The summed E-state index contributed by atoms with van der Waals surface area (Å²) < 4.78 is 33.7. The van der Waals surface area contributed by atoms with Gasteiger partial charge >= 0.3 is 0 Å². The maximum atomic E-state index is 12.0. The second kappa shape index (κ2) is 7.40. The van der Waals surface area contributed by atoms with Crippen molar-refractivity contribution in [3.63, 3.8) is 0 Å². The molecule has 18 heavy (non-hydrogen) atoms. The van der Waals surface area contributed by atoms with Crippen LogP contribution in [-0.4, -0.2) is 57.7 Å². The van der Waals surface area contributed by atoms with Gasteiger partial charge in [0.25, 0.3) is 10.2 Å². The van der Waals surface area contributed by atoms with E-state index < -0.39 is 10.2 Å². The average molecular weight is 279 g/mol. The van der Waals surface area contributed by atoms with Crippen LogP contribution in [0.1, 0.15) is 27.2 Å². The Morgan fingerprint density at radius 1 is 1.17 bits per heavy atom. The highest BCUT2D eigenvalue weighted by molar-refractivity contribution is 7.87. The Balaban J connectivity index is 2.38. The smallest absolute Gasteiger partial charge is 0.279 e. The lowest BCUT2D eigenvalue weighted by Gasteiger charge is -2.34. The maximum absolute atomic E-state index is 12.0. The van der Waals surface area contributed by atoms with Crippen LogP contribution in [0.2, 0.25) is 0 Å². The molecule has 2 atom stereocenters. The molecule has 1 fully saturated rings. The van der Waals surface area contributed by atoms with Gasteiger partial charge in [0.1, 0.15) is 0 Å². The van der Waals surface area contributed by atoms with Crippen LogP contribution in [-0.2, 0) is 14.9 Å². The molecular formula is C11H25N3O3S. The molecule has 0 radical (unpaired) electrons. The monoisotopic (exact) mass is 279 g/mol. The third-order valence-electron chi connectivity index (χ3n) is 2.74. The molecular weight excluding hydrogens is 254 g/mol. The highest BCUT2D eigenvalue weighted by atomic mass is 32.2. The Morgan fingerprint density at radius 2 is 1.78 bits per heavy atom. The van der Waals surface area contributed by atoms with Crippen molar-refractivity contribution in [3.8, 4) is 0 Å². The molecule has 0 aromatic rings. The fourth-order valence-corrected chi connectivity index (χ4v) is 3.34. The van der Waals surface area contributed by atoms with Gasteiger partial charge in [-0.25, -0.2) is 4.72 Å². The van der Waals surface area contributed by atoms with Crippen molar-refractivity contribution in [2.24, 2.45) is 0 Å². The standard InChI is InChI=1S/C11H25N3O3S/c1-4-5-12-6-7-13-18(15,16)14-8-10(2)17-11(3)9-14/h10-13H,4-9H2,1-3H3. The molecule has 0 bridgehead atoms. The first-order valence-corrected chi connectivity index (χ1v) is 8.00. The summed E-state index contributed by atoms with van der Waals surface area (Å²) in [5.41, 5.74) is 0. The van der Waals surface area contributed by atoms with Gasteiger partial charge in [-0.1, -0.05) is 6.92 Å². The van der Waals surface area contributed by atoms with Gasteiger partial charge in [0.2, 0.25) is 0 Å². The fourth-order valence-electron chi connectivity index (χ4n) is 1.99. The van der Waals surface area contributed by atoms with Crippen molar-refractivity contribution in [2.75, 3.05) is 32.7 Å². The van der Waals surface area contributed by atoms with Crippen molar-refractivity contribution >= 4 is 10.2 Å². The number of rotatable bonds is 7. The molecule has 0 amide bonds. The van der Waals surface area contributed by atoms with Crippen molar-refractivity contribution in [1.82, 2.24) is 14.3 Å². The normalized spacial score (nSPS) is 26.4. The van der Waals surface area contributed by atoms with Crippen molar-refractivity contribution < 1.29 is 13.2 Å². The van der Waals surface area contributed by atoms with E-state index in [1.54, 1.807) is 0 Å². The van der Waals surface area contributed by atoms with E-state index >= 15 is 0 Å². The van der Waals surface area contributed by atoms with Gasteiger partial charge in [0.15, 0.2) is 0 Å². The van der Waals surface area contributed by atoms with Gasteiger partial charge in [-0.3, -0.25) is 0 Å². The molecule has 2 N–H and O–H groups in total. The molecule has 7 heteroatoms. The van der Waals surface area contributed by atoms with Gasteiger partial charge in [0, 0.05) is 26.2 Å². The minimum Gasteiger partial charge on any atom is -0.373 e. The van der Waals surface area contributed by atoms with Crippen LogP contribution in [0.3, 0.4) is 0 Å². The average Bonchev–Trinajstić information content (AvgIpc) is 2.27. The van der Waals surface area contributed by atoms with Gasteiger partial charge in [0.05, 0.1) is 12.2 Å². The molecule has 0 aromatic carbocycles. The molecule has 0 saturated carbocycles. The Bertz CT molecular complexity index is 324. The molecule has 2 unspecified atom stereocenters. The number of hydrogen-bond donors (Lipinski definition) is 2. The van der Waals surface area contributed by atoms with Crippen LogP contribution in [0.15, 0.2) is 0 Å². The van der Waals surface area contributed by atoms with Crippen LogP contribution >= 0.6 is 0 Å². The zero-order chi connectivity index (χ0) is 13.6. The highest BCUT2D eigenvalue weighted by Crippen LogP contribution is 2.13. The molecule has 0 aliphatic carbocycles. The SMILES string of the molecule is CCCNCCNS(=O)(=O)N1CC(C)OC(C)C1. The first kappa shape index (κ1) is 15.8. The molecule has 108 valence electrons. The number of ether oxygens (including phenoxy) is 1. The zero-order valence-corrected chi connectivity index (χ0v) is 12.3. The third-order valence-corrected chi connectivity index (χ3v) is 4.29. The van der Waals surface area contributed by atoms with E-state index in [9.17, 15) is 8.42 Å². The van der Waals surface area contributed by atoms with E-state index in [0.717, 1.165) is 13.0 Å². The first-order valence-electron chi connectivity index (χ1n) is 6.56. The van der Waals surface area contributed by atoms with Crippen LogP contribution < -0.4 is 10.0 Å². The highest BCUT2D eigenvalue weighted by Gasteiger charge is 2.30. The van der Waals surface area contributed by atoms with E-state index in [-0.39, 0.29) is 12.2 Å². The Labute approximate surface area is 110 Å². The molecule has 1 aliphatic rings. The van der Waals surface area contributed by atoms with Gasteiger partial charge in [-0.05, 0) is 26.8 Å². The second-order valence-corrected chi connectivity index (χ2v) is 6.48. The molecule has 0 aromatic heterocycles. The van der Waals surface area contributed by atoms with Crippen molar-refractivity contribution in [1.29, 1.82) is 0 Å². The van der Waals surface area contributed by atoms with Crippen LogP contribution in [0.5, 0.6) is 0 Å². The Kier molecular flexibility index (Phi) is 6.51. The summed E-state index contributed by atoms with van der Waals surface area (Å²) >= 11 is 0. The summed E-state index contributed by atoms with van der Waals surface area (Å²) in [6, 6.07) is 0. The van der Waals surface area contributed by atoms with Crippen molar-refractivity contribution in [3.05, 3.63) is 0 Å².